The average molecular weight is 346 g/mol. The number of ether oxygens (including phenoxy) is 1. The Morgan fingerprint density at radius 1 is 1.28 bits per heavy atom. The van der Waals surface area contributed by atoms with Gasteiger partial charge in [0.15, 0.2) is 5.84 Å². The van der Waals surface area contributed by atoms with Crippen LogP contribution < -0.4 is 10.5 Å². The molecule has 130 valence electrons. The largest absolute Gasteiger partial charge is 0.473 e. The summed E-state index contributed by atoms with van der Waals surface area (Å²) in [5.41, 5.74) is 7.93. The van der Waals surface area contributed by atoms with Crippen LogP contribution in [0.1, 0.15) is 22.4 Å². The summed E-state index contributed by atoms with van der Waals surface area (Å²) in [5.74, 6) is -1.15. The summed E-state index contributed by atoms with van der Waals surface area (Å²) in [6.07, 6.45) is 0. The van der Waals surface area contributed by atoms with E-state index in [1.165, 1.54) is 22.7 Å². The highest BCUT2D eigenvalue weighted by Gasteiger charge is 2.17. The second-order valence-electron chi connectivity index (χ2n) is 5.60. The summed E-state index contributed by atoms with van der Waals surface area (Å²) < 4.78 is 34.6. The molecular weight excluding hydrogens is 330 g/mol. The van der Waals surface area contributed by atoms with Gasteiger partial charge in [-0.25, -0.2) is 13.3 Å². The van der Waals surface area contributed by atoms with Crippen molar-refractivity contribution in [3.8, 4) is 5.88 Å². The predicted molar refractivity (Wildman–Crippen MR) is 87.9 cm³/mol. The van der Waals surface area contributed by atoms with Crippen molar-refractivity contribution < 1.29 is 18.7 Å². The van der Waals surface area contributed by atoms with Crippen LogP contribution in [0, 0.1) is 25.5 Å². The number of pyridine rings is 1. The number of nitrogens with zero attached hydrogens (tertiary/aromatic N) is 3. The highest BCUT2D eigenvalue weighted by atomic mass is 19.1. The van der Waals surface area contributed by atoms with E-state index in [1.54, 1.807) is 19.1 Å². The summed E-state index contributed by atoms with van der Waals surface area (Å²) >= 11 is 0. The van der Waals surface area contributed by atoms with Gasteiger partial charge in [-0.3, -0.25) is 0 Å². The molecule has 2 aromatic heterocycles. The van der Waals surface area contributed by atoms with E-state index < -0.39 is 11.6 Å². The van der Waals surface area contributed by atoms with Crippen molar-refractivity contribution >= 4 is 11.4 Å². The number of fused-ring (bicyclic) bond motifs is 1. The molecule has 0 radical (unpaired) electrons. The van der Waals surface area contributed by atoms with Gasteiger partial charge in [0, 0.05) is 6.07 Å². The number of benzene rings is 1. The number of aromatic nitrogens is 2. The van der Waals surface area contributed by atoms with E-state index in [0.717, 1.165) is 5.56 Å². The van der Waals surface area contributed by atoms with Gasteiger partial charge in [0.05, 0.1) is 22.3 Å². The van der Waals surface area contributed by atoms with Crippen molar-refractivity contribution in [1.29, 1.82) is 0 Å². The summed E-state index contributed by atoms with van der Waals surface area (Å²) in [6.45, 7) is 3.24. The molecule has 0 fully saturated rings. The predicted octanol–water partition coefficient (Wildman–Crippen LogP) is 2.90. The fourth-order valence-electron chi connectivity index (χ4n) is 2.65. The minimum absolute atomic E-state index is 0.0794. The SMILES string of the molecule is Cc1cc(OCc2c(F)cccc2F)n2nc(C)c(/C(N)=N/O)c2c1. The van der Waals surface area contributed by atoms with Gasteiger partial charge in [-0.2, -0.15) is 5.10 Å². The second kappa shape index (κ2) is 6.39. The number of rotatable bonds is 4. The van der Waals surface area contributed by atoms with E-state index in [2.05, 4.69) is 10.3 Å². The molecule has 0 aliphatic heterocycles. The van der Waals surface area contributed by atoms with E-state index in [1.807, 2.05) is 6.92 Å². The fourth-order valence-corrected chi connectivity index (χ4v) is 2.65. The molecule has 3 rings (SSSR count). The zero-order valence-corrected chi connectivity index (χ0v) is 13.6. The molecule has 0 spiro atoms. The number of hydrogen-bond acceptors (Lipinski definition) is 4. The lowest BCUT2D eigenvalue weighted by Gasteiger charge is -2.11. The Hall–Kier alpha value is -3.16. The van der Waals surface area contributed by atoms with Crippen LogP contribution >= 0.6 is 0 Å². The molecule has 1 aromatic carbocycles. The molecule has 0 saturated carbocycles. The number of aryl methyl sites for hydroxylation is 2. The highest BCUT2D eigenvalue weighted by molar-refractivity contribution is 6.04. The van der Waals surface area contributed by atoms with Crippen LogP contribution in [0.25, 0.3) is 5.52 Å². The average Bonchev–Trinajstić information content (AvgIpc) is 2.89. The van der Waals surface area contributed by atoms with Gasteiger partial charge >= 0.3 is 0 Å². The molecule has 3 N–H and O–H groups in total. The smallest absolute Gasteiger partial charge is 0.215 e. The van der Waals surface area contributed by atoms with Gasteiger partial charge in [0.25, 0.3) is 0 Å². The first-order valence-electron chi connectivity index (χ1n) is 7.46. The third-order valence-corrected chi connectivity index (χ3v) is 3.81. The van der Waals surface area contributed by atoms with Gasteiger partial charge in [0.2, 0.25) is 5.88 Å². The maximum atomic E-state index is 13.8. The normalized spacial score (nSPS) is 11.9. The second-order valence-corrected chi connectivity index (χ2v) is 5.60. The third-order valence-electron chi connectivity index (χ3n) is 3.81. The first-order chi connectivity index (χ1) is 11.9. The van der Waals surface area contributed by atoms with Crippen molar-refractivity contribution in [2.24, 2.45) is 10.9 Å². The fraction of sp³-hybridized carbons (Fsp3) is 0.176. The van der Waals surface area contributed by atoms with Crippen LogP contribution in [-0.2, 0) is 6.61 Å². The van der Waals surface area contributed by atoms with Crippen molar-refractivity contribution in [3.05, 3.63) is 64.4 Å². The van der Waals surface area contributed by atoms with Gasteiger partial charge < -0.3 is 15.7 Å². The van der Waals surface area contributed by atoms with Crippen LogP contribution in [0.2, 0.25) is 0 Å². The Kier molecular flexibility index (Phi) is 4.26. The van der Waals surface area contributed by atoms with Gasteiger partial charge in [-0.05, 0) is 37.6 Å². The van der Waals surface area contributed by atoms with E-state index in [4.69, 9.17) is 15.7 Å². The number of nitrogens with two attached hydrogens (primary N) is 1. The van der Waals surface area contributed by atoms with Crippen LogP contribution in [0.15, 0.2) is 35.5 Å². The number of oxime groups is 1. The first-order valence-corrected chi connectivity index (χ1v) is 7.46. The summed E-state index contributed by atoms with van der Waals surface area (Å²) in [6, 6.07) is 7.11. The molecule has 25 heavy (non-hydrogen) atoms. The lowest BCUT2D eigenvalue weighted by molar-refractivity contribution is 0.274. The number of halogens is 2. The van der Waals surface area contributed by atoms with Gasteiger partial charge in [0.1, 0.15) is 18.2 Å². The maximum absolute atomic E-state index is 13.8. The number of hydrogen-bond donors (Lipinski definition) is 2. The zero-order valence-electron chi connectivity index (χ0n) is 13.6. The molecule has 0 bridgehead atoms. The molecule has 8 heteroatoms. The van der Waals surface area contributed by atoms with Crippen LogP contribution in [0.5, 0.6) is 5.88 Å². The molecule has 0 saturated heterocycles. The number of amidine groups is 1. The quantitative estimate of drug-likeness (QED) is 0.329. The third kappa shape index (κ3) is 2.98. The Morgan fingerprint density at radius 2 is 1.96 bits per heavy atom. The van der Waals surface area contributed by atoms with Gasteiger partial charge in [-0.15, -0.1) is 0 Å². The van der Waals surface area contributed by atoms with Crippen molar-refractivity contribution in [2.45, 2.75) is 20.5 Å². The topological polar surface area (TPSA) is 85.1 Å². The molecule has 0 amide bonds. The lowest BCUT2D eigenvalue weighted by atomic mass is 10.1. The summed E-state index contributed by atoms with van der Waals surface area (Å²) in [4.78, 5) is 0. The van der Waals surface area contributed by atoms with Crippen LogP contribution in [-0.4, -0.2) is 20.7 Å². The lowest BCUT2D eigenvalue weighted by Crippen LogP contribution is -2.14. The molecule has 0 atom stereocenters. The van der Waals surface area contributed by atoms with Crippen molar-refractivity contribution in [1.82, 2.24) is 9.61 Å². The molecule has 6 nitrogen and oxygen atoms in total. The standard InChI is InChI=1S/C17H16F2N4O2/c1-9-6-14-16(17(20)22-24)10(2)21-23(14)15(7-9)25-8-11-12(18)4-3-5-13(11)19/h3-7,24H,8H2,1-2H3,(H2,20,22). The first kappa shape index (κ1) is 16.7. The summed E-state index contributed by atoms with van der Waals surface area (Å²) in [7, 11) is 0. The molecule has 0 unspecified atom stereocenters. The summed E-state index contributed by atoms with van der Waals surface area (Å²) in [5, 5.41) is 16.3. The van der Waals surface area contributed by atoms with E-state index >= 15 is 0 Å². The van der Waals surface area contributed by atoms with E-state index in [9.17, 15) is 8.78 Å². The van der Waals surface area contributed by atoms with Crippen LogP contribution in [0.3, 0.4) is 0 Å². The van der Waals surface area contributed by atoms with Gasteiger partial charge in [-0.1, -0.05) is 11.2 Å². The Morgan fingerprint density at radius 3 is 2.60 bits per heavy atom. The van der Waals surface area contributed by atoms with Crippen molar-refractivity contribution in [2.75, 3.05) is 0 Å². The molecule has 0 aliphatic rings. The minimum atomic E-state index is -0.683. The minimum Gasteiger partial charge on any atom is -0.473 e. The molecule has 2 heterocycles. The van der Waals surface area contributed by atoms with E-state index in [-0.39, 0.29) is 23.9 Å². The zero-order chi connectivity index (χ0) is 18.1. The van der Waals surface area contributed by atoms with Crippen molar-refractivity contribution in [3.63, 3.8) is 0 Å². The molecule has 0 aliphatic carbocycles. The Bertz CT molecular complexity index is 962. The Labute approximate surface area is 142 Å². The maximum Gasteiger partial charge on any atom is 0.215 e. The molecular formula is C17H16F2N4O2. The van der Waals surface area contributed by atoms with Crippen LogP contribution in [0.4, 0.5) is 8.78 Å². The molecule has 3 aromatic rings. The highest BCUT2D eigenvalue weighted by Crippen LogP contribution is 2.24. The van der Waals surface area contributed by atoms with E-state index in [0.29, 0.717) is 16.8 Å². The Balaban J connectivity index is 2.05. The monoisotopic (exact) mass is 346 g/mol.